The van der Waals surface area contributed by atoms with Gasteiger partial charge in [-0.15, -0.1) is 0 Å². The summed E-state index contributed by atoms with van der Waals surface area (Å²) in [5, 5.41) is 7.62. The number of hydrogen-bond acceptors (Lipinski definition) is 3. The average Bonchev–Trinajstić information content (AvgIpc) is 2.97. The molecule has 0 aliphatic heterocycles. The van der Waals surface area contributed by atoms with Crippen molar-refractivity contribution in [2.45, 2.75) is 38.1 Å². The summed E-state index contributed by atoms with van der Waals surface area (Å²) in [6.07, 6.45) is 5.81. The lowest BCUT2D eigenvalue weighted by molar-refractivity contribution is 0.0918. The Bertz CT molecular complexity index is 687. The number of ether oxygens (including phenoxy) is 1. The van der Waals surface area contributed by atoms with Crippen LogP contribution in [0.1, 0.15) is 42.6 Å². The van der Waals surface area contributed by atoms with E-state index in [1.54, 1.807) is 18.8 Å². The van der Waals surface area contributed by atoms with E-state index in [1.807, 2.05) is 30.3 Å². The van der Waals surface area contributed by atoms with Gasteiger partial charge in [0.15, 0.2) is 0 Å². The Morgan fingerprint density at radius 1 is 1.26 bits per heavy atom. The Hall–Kier alpha value is -2.30. The van der Waals surface area contributed by atoms with Crippen LogP contribution in [0.3, 0.4) is 0 Å². The standard InChI is InChI=1S/C18H23N3O2/c1-21-16(18(22)19-13-8-4-3-5-9-13)12-15(20-21)14-10-6-7-11-17(14)23-2/h6-7,10-13H,3-5,8-9H2,1-2H3,(H,19,22). The fraction of sp³-hybridized carbons (Fsp3) is 0.444. The van der Waals surface area contributed by atoms with Gasteiger partial charge < -0.3 is 10.1 Å². The van der Waals surface area contributed by atoms with Crippen molar-refractivity contribution >= 4 is 5.91 Å². The molecule has 0 atom stereocenters. The number of hydrogen-bond donors (Lipinski definition) is 1. The largest absolute Gasteiger partial charge is 0.496 e. The summed E-state index contributed by atoms with van der Waals surface area (Å²) >= 11 is 0. The number of carbonyl (C=O) groups is 1. The first-order valence-corrected chi connectivity index (χ1v) is 8.17. The molecule has 1 saturated carbocycles. The van der Waals surface area contributed by atoms with E-state index < -0.39 is 0 Å². The normalized spacial score (nSPS) is 15.4. The van der Waals surface area contributed by atoms with Crippen LogP contribution in [-0.2, 0) is 7.05 Å². The Labute approximate surface area is 136 Å². The Morgan fingerprint density at radius 2 is 2.00 bits per heavy atom. The number of para-hydroxylation sites is 1. The maximum absolute atomic E-state index is 12.5. The minimum absolute atomic E-state index is 0.0481. The summed E-state index contributed by atoms with van der Waals surface area (Å²) in [5.41, 5.74) is 2.22. The van der Waals surface area contributed by atoms with Crippen molar-refractivity contribution in [2.75, 3.05) is 7.11 Å². The average molecular weight is 313 g/mol. The second kappa shape index (κ2) is 6.86. The summed E-state index contributed by atoms with van der Waals surface area (Å²) in [6.45, 7) is 0. The van der Waals surface area contributed by atoms with Crippen LogP contribution in [0.15, 0.2) is 30.3 Å². The van der Waals surface area contributed by atoms with Gasteiger partial charge >= 0.3 is 0 Å². The molecule has 0 bridgehead atoms. The predicted octanol–water partition coefficient (Wildman–Crippen LogP) is 3.16. The fourth-order valence-corrected chi connectivity index (χ4v) is 3.17. The first-order chi connectivity index (χ1) is 11.2. The SMILES string of the molecule is COc1ccccc1-c1cc(C(=O)NC2CCCCC2)n(C)n1. The number of nitrogens with zero attached hydrogens (tertiary/aromatic N) is 2. The second-order valence-corrected chi connectivity index (χ2v) is 6.05. The molecule has 0 radical (unpaired) electrons. The number of aryl methyl sites for hydroxylation is 1. The molecule has 1 aromatic carbocycles. The third-order valence-electron chi connectivity index (χ3n) is 4.44. The van der Waals surface area contributed by atoms with Gasteiger partial charge in [-0.3, -0.25) is 9.48 Å². The highest BCUT2D eigenvalue weighted by Crippen LogP contribution is 2.29. The summed E-state index contributed by atoms with van der Waals surface area (Å²) < 4.78 is 7.02. The highest BCUT2D eigenvalue weighted by atomic mass is 16.5. The quantitative estimate of drug-likeness (QED) is 0.943. The Balaban J connectivity index is 1.81. The smallest absolute Gasteiger partial charge is 0.269 e. The molecule has 1 N–H and O–H groups in total. The Kier molecular flexibility index (Phi) is 4.65. The molecule has 0 spiro atoms. The van der Waals surface area contributed by atoms with Gasteiger partial charge in [-0.25, -0.2) is 0 Å². The van der Waals surface area contributed by atoms with E-state index in [-0.39, 0.29) is 5.91 Å². The van der Waals surface area contributed by atoms with Gasteiger partial charge in [-0.1, -0.05) is 31.4 Å². The first kappa shape index (κ1) is 15.6. The van der Waals surface area contributed by atoms with E-state index in [9.17, 15) is 4.79 Å². The molecule has 1 aliphatic rings. The number of benzene rings is 1. The van der Waals surface area contributed by atoms with Gasteiger partial charge in [-0.2, -0.15) is 5.10 Å². The fourth-order valence-electron chi connectivity index (χ4n) is 3.17. The lowest BCUT2D eigenvalue weighted by Gasteiger charge is -2.22. The van der Waals surface area contributed by atoms with E-state index in [0.29, 0.717) is 11.7 Å². The van der Waals surface area contributed by atoms with Crippen molar-refractivity contribution in [1.82, 2.24) is 15.1 Å². The topological polar surface area (TPSA) is 56.1 Å². The number of carbonyl (C=O) groups excluding carboxylic acids is 1. The molecule has 5 nitrogen and oxygen atoms in total. The molecular weight excluding hydrogens is 290 g/mol. The highest BCUT2D eigenvalue weighted by Gasteiger charge is 2.20. The van der Waals surface area contributed by atoms with Crippen LogP contribution >= 0.6 is 0 Å². The molecule has 3 rings (SSSR count). The van der Waals surface area contributed by atoms with E-state index >= 15 is 0 Å². The van der Waals surface area contributed by atoms with Gasteiger partial charge in [-0.05, 0) is 31.0 Å². The van der Waals surface area contributed by atoms with E-state index in [4.69, 9.17) is 4.74 Å². The van der Waals surface area contributed by atoms with E-state index in [0.717, 1.165) is 29.8 Å². The molecule has 1 amide bonds. The molecule has 2 aromatic rings. The van der Waals surface area contributed by atoms with Gasteiger partial charge in [0.2, 0.25) is 0 Å². The zero-order valence-corrected chi connectivity index (χ0v) is 13.7. The van der Waals surface area contributed by atoms with Crippen molar-refractivity contribution in [2.24, 2.45) is 7.05 Å². The monoisotopic (exact) mass is 313 g/mol. The maximum atomic E-state index is 12.5. The van der Waals surface area contributed by atoms with Crippen molar-refractivity contribution in [3.8, 4) is 17.0 Å². The maximum Gasteiger partial charge on any atom is 0.269 e. The molecule has 0 unspecified atom stereocenters. The Morgan fingerprint density at radius 3 is 2.74 bits per heavy atom. The minimum atomic E-state index is -0.0481. The predicted molar refractivity (Wildman–Crippen MR) is 89.5 cm³/mol. The third-order valence-corrected chi connectivity index (χ3v) is 4.44. The van der Waals surface area contributed by atoms with Crippen molar-refractivity contribution in [1.29, 1.82) is 0 Å². The number of amides is 1. The van der Waals surface area contributed by atoms with E-state index in [1.165, 1.54) is 19.3 Å². The van der Waals surface area contributed by atoms with Gasteiger partial charge in [0.25, 0.3) is 5.91 Å². The van der Waals surface area contributed by atoms with Crippen LogP contribution in [0.4, 0.5) is 0 Å². The molecule has 1 aliphatic carbocycles. The van der Waals surface area contributed by atoms with Crippen LogP contribution in [0.25, 0.3) is 11.3 Å². The summed E-state index contributed by atoms with van der Waals surface area (Å²) in [6, 6.07) is 9.82. The molecule has 1 aromatic heterocycles. The lowest BCUT2D eigenvalue weighted by Crippen LogP contribution is -2.37. The highest BCUT2D eigenvalue weighted by molar-refractivity contribution is 5.94. The molecule has 23 heavy (non-hydrogen) atoms. The zero-order chi connectivity index (χ0) is 16.2. The van der Waals surface area contributed by atoms with Crippen LogP contribution in [0.2, 0.25) is 0 Å². The van der Waals surface area contributed by atoms with Gasteiger partial charge in [0, 0.05) is 18.7 Å². The number of methoxy groups -OCH3 is 1. The van der Waals surface area contributed by atoms with Crippen LogP contribution in [0, 0.1) is 0 Å². The van der Waals surface area contributed by atoms with E-state index in [2.05, 4.69) is 10.4 Å². The van der Waals surface area contributed by atoms with Crippen molar-refractivity contribution in [3.05, 3.63) is 36.0 Å². The van der Waals surface area contributed by atoms with Crippen LogP contribution < -0.4 is 10.1 Å². The number of rotatable bonds is 4. The molecule has 5 heteroatoms. The third kappa shape index (κ3) is 3.38. The van der Waals surface area contributed by atoms with Crippen LogP contribution in [-0.4, -0.2) is 28.8 Å². The number of aromatic nitrogens is 2. The lowest BCUT2D eigenvalue weighted by atomic mass is 9.95. The van der Waals surface area contributed by atoms with Gasteiger partial charge in [0.1, 0.15) is 11.4 Å². The number of nitrogens with one attached hydrogen (secondary N) is 1. The molecule has 1 fully saturated rings. The van der Waals surface area contributed by atoms with Crippen molar-refractivity contribution in [3.63, 3.8) is 0 Å². The summed E-state index contributed by atoms with van der Waals surface area (Å²) in [5.74, 6) is 0.706. The summed E-state index contributed by atoms with van der Waals surface area (Å²) in [7, 11) is 3.44. The minimum Gasteiger partial charge on any atom is -0.496 e. The molecule has 122 valence electrons. The molecule has 0 saturated heterocycles. The zero-order valence-electron chi connectivity index (χ0n) is 13.7. The van der Waals surface area contributed by atoms with Crippen LogP contribution in [0.5, 0.6) is 5.75 Å². The second-order valence-electron chi connectivity index (χ2n) is 6.05. The van der Waals surface area contributed by atoms with Gasteiger partial charge in [0.05, 0.1) is 12.8 Å². The summed E-state index contributed by atoms with van der Waals surface area (Å²) in [4.78, 5) is 12.5. The first-order valence-electron chi connectivity index (χ1n) is 8.17. The molecular formula is C18H23N3O2. The molecule has 1 heterocycles. The van der Waals surface area contributed by atoms with Crippen molar-refractivity contribution < 1.29 is 9.53 Å².